The van der Waals surface area contributed by atoms with Crippen molar-refractivity contribution in [3.05, 3.63) is 47.8 Å². The van der Waals surface area contributed by atoms with Crippen LogP contribution in [0.2, 0.25) is 0 Å². The smallest absolute Gasteiger partial charge is 0.274 e. The van der Waals surface area contributed by atoms with Crippen LogP contribution in [0.25, 0.3) is 0 Å². The second-order valence-electron chi connectivity index (χ2n) is 5.52. The number of hydrogen-bond donors (Lipinski definition) is 2. The molecule has 1 aromatic carbocycles. The molecule has 2 rings (SSSR count). The van der Waals surface area contributed by atoms with Crippen LogP contribution in [0, 0.1) is 0 Å². The first-order valence-electron chi connectivity index (χ1n) is 7.71. The number of ether oxygens (including phenoxy) is 1. The summed E-state index contributed by atoms with van der Waals surface area (Å²) in [5.74, 6) is 0.394. The van der Waals surface area contributed by atoms with Crippen LogP contribution in [0.15, 0.2) is 36.4 Å². The lowest BCUT2D eigenvalue weighted by molar-refractivity contribution is -0.121. The van der Waals surface area contributed by atoms with Gasteiger partial charge in [-0.2, -0.15) is 5.10 Å². The molecule has 2 aromatic rings. The lowest BCUT2D eigenvalue weighted by Gasteiger charge is -2.23. The van der Waals surface area contributed by atoms with Crippen molar-refractivity contribution < 1.29 is 14.3 Å². The average molecular weight is 330 g/mol. The van der Waals surface area contributed by atoms with Gasteiger partial charge in [0, 0.05) is 26.6 Å². The van der Waals surface area contributed by atoms with E-state index in [2.05, 4.69) is 15.5 Å². The van der Waals surface area contributed by atoms with E-state index in [1.165, 1.54) is 4.90 Å². The molecule has 1 aromatic heterocycles. The van der Waals surface area contributed by atoms with Crippen molar-refractivity contribution in [1.29, 1.82) is 0 Å². The quantitative estimate of drug-likeness (QED) is 0.807. The molecule has 0 aliphatic heterocycles. The molecule has 0 fully saturated rings. The summed E-state index contributed by atoms with van der Waals surface area (Å²) in [4.78, 5) is 25.3. The van der Waals surface area contributed by atoms with Crippen LogP contribution in [0.3, 0.4) is 0 Å². The van der Waals surface area contributed by atoms with E-state index < -0.39 is 0 Å². The number of benzene rings is 1. The van der Waals surface area contributed by atoms with Gasteiger partial charge in [0.25, 0.3) is 5.91 Å². The number of nitrogens with zero attached hydrogens (tertiary/aromatic N) is 2. The van der Waals surface area contributed by atoms with Gasteiger partial charge in [-0.15, -0.1) is 0 Å². The zero-order valence-corrected chi connectivity index (χ0v) is 14.1. The Morgan fingerprint density at radius 3 is 2.71 bits per heavy atom. The molecule has 7 heteroatoms. The highest BCUT2D eigenvalue weighted by Crippen LogP contribution is 2.12. The minimum Gasteiger partial charge on any atom is -0.487 e. The van der Waals surface area contributed by atoms with E-state index >= 15 is 0 Å². The fourth-order valence-corrected chi connectivity index (χ4v) is 2.11. The van der Waals surface area contributed by atoms with Crippen LogP contribution in [-0.2, 0) is 11.4 Å². The number of hydrogen-bond acceptors (Lipinski definition) is 4. The topological polar surface area (TPSA) is 87.3 Å². The van der Waals surface area contributed by atoms with Crippen molar-refractivity contribution in [2.24, 2.45) is 0 Å². The minimum atomic E-state index is -0.242. The third-order valence-electron chi connectivity index (χ3n) is 3.73. The molecule has 0 saturated carbocycles. The van der Waals surface area contributed by atoms with Crippen LogP contribution in [0.1, 0.15) is 29.5 Å². The van der Waals surface area contributed by atoms with Gasteiger partial charge in [0.2, 0.25) is 5.91 Å². The fourth-order valence-electron chi connectivity index (χ4n) is 2.11. The summed E-state index contributed by atoms with van der Waals surface area (Å²) < 4.78 is 5.61. The first-order chi connectivity index (χ1) is 11.5. The molecule has 0 bridgehead atoms. The summed E-state index contributed by atoms with van der Waals surface area (Å²) in [6.45, 7) is 2.11. The van der Waals surface area contributed by atoms with E-state index in [1.54, 1.807) is 20.2 Å². The van der Waals surface area contributed by atoms with Crippen molar-refractivity contribution in [3.63, 3.8) is 0 Å². The Hall–Kier alpha value is -2.83. The number of carbonyl (C=O) groups excluding carboxylic acids is 2. The highest BCUT2D eigenvalue weighted by atomic mass is 16.5. The Balaban J connectivity index is 1.93. The van der Waals surface area contributed by atoms with E-state index in [0.29, 0.717) is 18.0 Å². The second kappa shape index (κ2) is 8.14. The number of aromatic nitrogens is 2. The molecule has 128 valence electrons. The van der Waals surface area contributed by atoms with Crippen LogP contribution in [-0.4, -0.2) is 47.0 Å². The molecular weight excluding hydrogens is 308 g/mol. The molecule has 7 nitrogen and oxygen atoms in total. The Labute approximate surface area is 141 Å². The molecule has 1 heterocycles. The van der Waals surface area contributed by atoms with Gasteiger partial charge in [0.1, 0.15) is 12.4 Å². The third-order valence-corrected chi connectivity index (χ3v) is 3.73. The summed E-state index contributed by atoms with van der Waals surface area (Å²) in [6.07, 6.45) is 0.243. The minimum absolute atomic E-state index is 0.110. The molecular formula is C17H22N4O3. The number of H-pyrrole nitrogens is 1. The molecule has 2 N–H and O–H groups in total. The SMILES string of the molecule is CNC(=O)CC(C)N(C)C(=O)c1cc(COc2ccccc2)[nH]n1. The lowest BCUT2D eigenvalue weighted by atomic mass is 10.2. The molecule has 0 spiro atoms. The molecule has 0 aliphatic rings. The highest BCUT2D eigenvalue weighted by Gasteiger charge is 2.21. The van der Waals surface area contributed by atoms with Crippen LogP contribution in [0.4, 0.5) is 0 Å². The Kier molecular flexibility index (Phi) is 5.95. The summed E-state index contributed by atoms with van der Waals surface area (Å²) in [5, 5.41) is 9.39. The zero-order valence-electron chi connectivity index (χ0n) is 14.1. The average Bonchev–Trinajstić information content (AvgIpc) is 3.08. The molecule has 24 heavy (non-hydrogen) atoms. The van der Waals surface area contributed by atoms with Crippen molar-refractivity contribution in [3.8, 4) is 5.75 Å². The van der Waals surface area contributed by atoms with Gasteiger partial charge < -0.3 is 15.0 Å². The van der Waals surface area contributed by atoms with Gasteiger partial charge in [0.05, 0.1) is 5.69 Å². The standard InChI is InChI=1S/C17H22N4O3/c1-12(9-16(22)18-2)21(3)17(23)15-10-13(19-20-15)11-24-14-7-5-4-6-8-14/h4-8,10,12H,9,11H2,1-3H3,(H,18,22)(H,19,20). The molecule has 0 saturated heterocycles. The van der Waals surface area contributed by atoms with Gasteiger partial charge in [-0.05, 0) is 25.1 Å². The predicted molar refractivity (Wildman–Crippen MR) is 89.6 cm³/mol. The largest absolute Gasteiger partial charge is 0.487 e. The van der Waals surface area contributed by atoms with Gasteiger partial charge in [-0.25, -0.2) is 0 Å². The number of nitrogens with one attached hydrogen (secondary N) is 2. The number of carbonyl (C=O) groups is 2. The number of rotatable bonds is 7. The highest BCUT2D eigenvalue weighted by molar-refractivity contribution is 5.92. The summed E-state index contributed by atoms with van der Waals surface area (Å²) >= 11 is 0. The van der Waals surface area contributed by atoms with E-state index in [4.69, 9.17) is 4.74 Å². The fraction of sp³-hybridized carbons (Fsp3) is 0.353. The van der Waals surface area contributed by atoms with Crippen molar-refractivity contribution in [1.82, 2.24) is 20.4 Å². The molecule has 0 radical (unpaired) electrons. The van der Waals surface area contributed by atoms with Crippen molar-refractivity contribution in [2.75, 3.05) is 14.1 Å². The van der Waals surface area contributed by atoms with E-state index in [9.17, 15) is 9.59 Å². The maximum absolute atomic E-state index is 12.4. The molecule has 1 unspecified atom stereocenters. The van der Waals surface area contributed by atoms with Crippen LogP contribution in [0.5, 0.6) is 5.75 Å². The lowest BCUT2D eigenvalue weighted by Crippen LogP contribution is -2.38. The second-order valence-corrected chi connectivity index (χ2v) is 5.52. The Bertz CT molecular complexity index is 684. The molecule has 0 aliphatic carbocycles. The number of para-hydroxylation sites is 1. The predicted octanol–water partition coefficient (Wildman–Crippen LogP) is 1.59. The van der Waals surface area contributed by atoms with Crippen LogP contribution < -0.4 is 10.1 Å². The van der Waals surface area contributed by atoms with E-state index in [1.807, 2.05) is 37.3 Å². The summed E-state index contributed by atoms with van der Waals surface area (Å²) in [7, 11) is 3.23. The van der Waals surface area contributed by atoms with Gasteiger partial charge in [-0.3, -0.25) is 14.7 Å². The van der Waals surface area contributed by atoms with Crippen LogP contribution >= 0.6 is 0 Å². The van der Waals surface area contributed by atoms with Crippen molar-refractivity contribution >= 4 is 11.8 Å². The summed E-state index contributed by atoms with van der Waals surface area (Å²) in [5.41, 5.74) is 1.00. The first kappa shape index (κ1) is 17.5. The third kappa shape index (κ3) is 4.58. The normalized spacial score (nSPS) is 11.6. The molecule has 1 atom stereocenters. The maximum Gasteiger partial charge on any atom is 0.274 e. The van der Waals surface area contributed by atoms with Gasteiger partial charge >= 0.3 is 0 Å². The number of amides is 2. The first-order valence-corrected chi connectivity index (χ1v) is 7.71. The Morgan fingerprint density at radius 2 is 2.04 bits per heavy atom. The summed E-state index contributed by atoms with van der Waals surface area (Å²) in [6, 6.07) is 10.8. The van der Waals surface area contributed by atoms with Crippen molar-refractivity contribution in [2.45, 2.75) is 26.0 Å². The number of aromatic amines is 1. The van der Waals surface area contributed by atoms with Gasteiger partial charge in [-0.1, -0.05) is 18.2 Å². The van der Waals surface area contributed by atoms with Gasteiger partial charge in [0.15, 0.2) is 5.69 Å². The zero-order chi connectivity index (χ0) is 17.5. The van der Waals surface area contributed by atoms with E-state index in [0.717, 1.165) is 5.75 Å². The monoisotopic (exact) mass is 330 g/mol. The maximum atomic E-state index is 12.4. The van der Waals surface area contributed by atoms with E-state index in [-0.39, 0.29) is 24.3 Å². The Morgan fingerprint density at radius 1 is 1.33 bits per heavy atom. The molecule has 2 amide bonds.